The van der Waals surface area contributed by atoms with Crippen molar-refractivity contribution in [3.8, 4) is 0 Å². The monoisotopic (exact) mass is 285 g/mol. The Labute approximate surface area is 125 Å². The van der Waals surface area contributed by atoms with Gasteiger partial charge in [0, 0.05) is 18.5 Å². The van der Waals surface area contributed by atoms with Gasteiger partial charge >= 0.3 is 0 Å². The average molecular weight is 285 g/mol. The lowest BCUT2D eigenvalue weighted by atomic mass is 9.75. The van der Waals surface area contributed by atoms with Gasteiger partial charge in [-0.25, -0.2) is 4.98 Å². The van der Waals surface area contributed by atoms with E-state index in [-0.39, 0.29) is 5.41 Å². The van der Waals surface area contributed by atoms with Gasteiger partial charge in [0.25, 0.3) is 0 Å². The van der Waals surface area contributed by atoms with Crippen LogP contribution in [0, 0.1) is 0 Å². The summed E-state index contributed by atoms with van der Waals surface area (Å²) in [6, 6.07) is 8.34. The molecule has 0 fully saturated rings. The quantitative estimate of drug-likeness (QED) is 0.885. The molecule has 1 aliphatic carbocycles. The van der Waals surface area contributed by atoms with Crippen molar-refractivity contribution in [2.24, 2.45) is 5.73 Å². The maximum atomic E-state index is 11.1. The van der Waals surface area contributed by atoms with Crippen molar-refractivity contribution in [2.45, 2.75) is 44.2 Å². The number of aromatic nitrogens is 2. The SMILES string of the molecule is CCCn1cncc1C(O)C1(CN)CCc2ccccc21. The molecule has 3 N–H and O–H groups in total. The predicted molar refractivity (Wildman–Crippen MR) is 83.0 cm³/mol. The van der Waals surface area contributed by atoms with Crippen LogP contribution in [0.25, 0.3) is 0 Å². The molecule has 0 radical (unpaired) electrons. The van der Waals surface area contributed by atoms with Crippen molar-refractivity contribution in [1.29, 1.82) is 0 Å². The fourth-order valence-electron chi connectivity index (χ4n) is 3.59. The minimum absolute atomic E-state index is 0.387. The Morgan fingerprint density at radius 2 is 2.24 bits per heavy atom. The molecule has 4 heteroatoms. The van der Waals surface area contributed by atoms with Crippen LogP contribution in [0.1, 0.15) is 42.7 Å². The van der Waals surface area contributed by atoms with Gasteiger partial charge < -0.3 is 15.4 Å². The molecule has 2 atom stereocenters. The zero-order valence-electron chi connectivity index (χ0n) is 12.5. The van der Waals surface area contributed by atoms with Gasteiger partial charge in [0.1, 0.15) is 6.10 Å². The Morgan fingerprint density at radius 1 is 1.43 bits per heavy atom. The first-order valence-corrected chi connectivity index (χ1v) is 7.69. The standard InChI is InChI=1S/C17H23N3O/c1-2-9-20-12-19-10-15(20)16(21)17(11-18)8-7-13-5-3-4-6-14(13)17/h3-6,10,12,16,21H,2,7-9,11,18H2,1H3. The number of nitrogens with zero attached hydrogens (tertiary/aromatic N) is 2. The highest BCUT2D eigenvalue weighted by atomic mass is 16.3. The van der Waals surface area contributed by atoms with Gasteiger partial charge in [-0.3, -0.25) is 0 Å². The third-order valence-electron chi connectivity index (χ3n) is 4.77. The molecule has 1 aromatic carbocycles. The number of fused-ring (bicyclic) bond motifs is 1. The number of aryl methyl sites for hydroxylation is 2. The largest absolute Gasteiger partial charge is 0.386 e. The van der Waals surface area contributed by atoms with Gasteiger partial charge in [-0.05, 0) is 30.4 Å². The summed E-state index contributed by atoms with van der Waals surface area (Å²) in [6.45, 7) is 3.44. The van der Waals surface area contributed by atoms with Gasteiger partial charge in [0.05, 0.1) is 18.2 Å². The number of nitrogens with two attached hydrogens (primary N) is 1. The Hall–Kier alpha value is -1.65. The van der Waals surface area contributed by atoms with Crippen LogP contribution in [0.5, 0.6) is 0 Å². The van der Waals surface area contributed by atoms with Crippen molar-refractivity contribution in [1.82, 2.24) is 9.55 Å². The minimum atomic E-state index is -0.611. The van der Waals surface area contributed by atoms with Gasteiger partial charge in [0.2, 0.25) is 0 Å². The molecule has 3 rings (SSSR count). The summed E-state index contributed by atoms with van der Waals surface area (Å²) >= 11 is 0. The molecule has 0 amide bonds. The maximum Gasteiger partial charge on any atom is 0.106 e. The third-order valence-corrected chi connectivity index (χ3v) is 4.77. The molecule has 1 heterocycles. The van der Waals surface area contributed by atoms with Crippen LogP contribution in [0.3, 0.4) is 0 Å². The van der Waals surface area contributed by atoms with E-state index in [0.29, 0.717) is 6.54 Å². The first-order valence-electron chi connectivity index (χ1n) is 7.69. The number of aliphatic hydroxyl groups excluding tert-OH is 1. The first kappa shape index (κ1) is 14.3. The van der Waals surface area contributed by atoms with E-state index in [9.17, 15) is 5.11 Å². The number of aliphatic hydroxyl groups is 1. The number of benzene rings is 1. The summed E-state index contributed by atoms with van der Waals surface area (Å²) in [4.78, 5) is 4.22. The number of rotatable bonds is 5. The van der Waals surface area contributed by atoms with Crippen molar-refractivity contribution >= 4 is 0 Å². The molecule has 2 unspecified atom stereocenters. The fraction of sp³-hybridized carbons (Fsp3) is 0.471. The fourth-order valence-corrected chi connectivity index (χ4v) is 3.59. The van der Waals surface area contributed by atoms with E-state index in [0.717, 1.165) is 31.5 Å². The van der Waals surface area contributed by atoms with Gasteiger partial charge in [0.15, 0.2) is 0 Å². The highest BCUT2D eigenvalue weighted by Crippen LogP contribution is 2.46. The lowest BCUT2D eigenvalue weighted by Gasteiger charge is -2.34. The molecule has 112 valence electrons. The molecule has 1 aliphatic rings. The maximum absolute atomic E-state index is 11.1. The first-order chi connectivity index (χ1) is 10.2. The van der Waals surface area contributed by atoms with Crippen molar-refractivity contribution in [3.05, 3.63) is 53.6 Å². The molecular weight excluding hydrogens is 262 g/mol. The second-order valence-electron chi connectivity index (χ2n) is 5.93. The minimum Gasteiger partial charge on any atom is -0.386 e. The lowest BCUT2D eigenvalue weighted by molar-refractivity contribution is 0.0766. The van der Waals surface area contributed by atoms with Crippen molar-refractivity contribution in [3.63, 3.8) is 0 Å². The summed E-state index contributed by atoms with van der Waals surface area (Å²) in [6.07, 6.45) is 5.85. The smallest absolute Gasteiger partial charge is 0.106 e. The normalized spacial score (nSPS) is 22.2. The summed E-state index contributed by atoms with van der Waals surface area (Å²) in [5.74, 6) is 0. The molecule has 1 aromatic heterocycles. The van der Waals surface area contributed by atoms with E-state index in [1.165, 1.54) is 11.1 Å². The van der Waals surface area contributed by atoms with Crippen LogP contribution in [-0.4, -0.2) is 21.2 Å². The van der Waals surface area contributed by atoms with Crippen LogP contribution in [0.2, 0.25) is 0 Å². The lowest BCUT2D eigenvalue weighted by Crippen LogP contribution is -2.40. The number of hydrogen-bond donors (Lipinski definition) is 2. The molecule has 0 saturated carbocycles. The van der Waals surface area contributed by atoms with Gasteiger partial charge in [-0.15, -0.1) is 0 Å². The Morgan fingerprint density at radius 3 is 3.00 bits per heavy atom. The van der Waals surface area contributed by atoms with Crippen LogP contribution in [0.4, 0.5) is 0 Å². The topological polar surface area (TPSA) is 64.1 Å². The summed E-state index contributed by atoms with van der Waals surface area (Å²) in [7, 11) is 0. The van der Waals surface area contributed by atoms with E-state index in [1.54, 1.807) is 12.5 Å². The zero-order valence-corrected chi connectivity index (χ0v) is 12.5. The third kappa shape index (κ3) is 2.19. The van der Waals surface area contributed by atoms with Crippen LogP contribution >= 0.6 is 0 Å². The highest BCUT2D eigenvalue weighted by molar-refractivity contribution is 5.42. The Balaban J connectivity index is 2.03. The van der Waals surface area contributed by atoms with E-state index in [2.05, 4.69) is 30.1 Å². The predicted octanol–water partition coefficient (Wildman–Crippen LogP) is 2.17. The number of imidazole rings is 1. The summed E-state index contributed by atoms with van der Waals surface area (Å²) in [5, 5.41) is 11.1. The average Bonchev–Trinajstić information content (AvgIpc) is 3.12. The molecule has 0 aliphatic heterocycles. The van der Waals surface area contributed by atoms with Crippen molar-refractivity contribution in [2.75, 3.05) is 6.54 Å². The van der Waals surface area contributed by atoms with E-state index >= 15 is 0 Å². The van der Waals surface area contributed by atoms with Crippen LogP contribution < -0.4 is 5.73 Å². The van der Waals surface area contributed by atoms with Gasteiger partial charge in [-0.1, -0.05) is 31.2 Å². The van der Waals surface area contributed by atoms with Crippen LogP contribution in [0.15, 0.2) is 36.8 Å². The molecule has 0 bridgehead atoms. The zero-order chi connectivity index (χ0) is 14.9. The Bertz CT molecular complexity index is 622. The van der Waals surface area contributed by atoms with Crippen molar-refractivity contribution < 1.29 is 5.11 Å². The molecule has 0 saturated heterocycles. The van der Waals surface area contributed by atoms with Crippen LogP contribution in [-0.2, 0) is 18.4 Å². The summed E-state index contributed by atoms with van der Waals surface area (Å²) in [5.41, 5.74) is 9.12. The summed E-state index contributed by atoms with van der Waals surface area (Å²) < 4.78 is 2.04. The molecule has 0 spiro atoms. The Kier molecular flexibility index (Phi) is 3.83. The molecular formula is C17H23N3O. The van der Waals surface area contributed by atoms with E-state index in [4.69, 9.17) is 5.73 Å². The van der Waals surface area contributed by atoms with E-state index in [1.807, 2.05) is 10.6 Å². The number of hydrogen-bond acceptors (Lipinski definition) is 3. The molecule has 21 heavy (non-hydrogen) atoms. The highest BCUT2D eigenvalue weighted by Gasteiger charge is 2.45. The molecule has 2 aromatic rings. The van der Waals surface area contributed by atoms with E-state index < -0.39 is 6.10 Å². The second kappa shape index (κ2) is 5.62. The van der Waals surface area contributed by atoms with Gasteiger partial charge in [-0.2, -0.15) is 0 Å². The second-order valence-corrected chi connectivity index (χ2v) is 5.93. The molecule has 4 nitrogen and oxygen atoms in total.